The number of rotatable bonds is 5. The van der Waals surface area contributed by atoms with Crippen LogP contribution in [0.4, 0.5) is 10.2 Å². The lowest BCUT2D eigenvalue weighted by Crippen LogP contribution is -2.34. The van der Waals surface area contributed by atoms with Crippen LogP contribution in [0.2, 0.25) is 0 Å². The van der Waals surface area contributed by atoms with Crippen molar-refractivity contribution in [3.63, 3.8) is 0 Å². The minimum atomic E-state index is -0.608. The van der Waals surface area contributed by atoms with Crippen LogP contribution < -0.4 is 5.73 Å². The summed E-state index contributed by atoms with van der Waals surface area (Å²) in [6.45, 7) is 2.44. The largest absolute Gasteiger partial charge is 0.395 e. The van der Waals surface area contributed by atoms with E-state index in [4.69, 9.17) is 10.8 Å². The van der Waals surface area contributed by atoms with Crippen molar-refractivity contribution in [2.45, 2.75) is 13.3 Å². The summed E-state index contributed by atoms with van der Waals surface area (Å²) in [5.41, 5.74) is 5.57. The van der Waals surface area contributed by atoms with Crippen LogP contribution in [0.3, 0.4) is 0 Å². The van der Waals surface area contributed by atoms with Gasteiger partial charge in [-0.2, -0.15) is 0 Å². The summed E-state index contributed by atoms with van der Waals surface area (Å²) in [6.07, 6.45) is 1.71. The number of aliphatic hydroxyl groups excluding tert-OH is 1. The second-order valence-corrected chi connectivity index (χ2v) is 3.60. The summed E-state index contributed by atoms with van der Waals surface area (Å²) < 4.78 is 13.0. The molecule has 3 N–H and O–H groups in total. The highest BCUT2D eigenvalue weighted by atomic mass is 19.1. The van der Waals surface area contributed by atoms with Gasteiger partial charge < -0.3 is 15.7 Å². The third kappa shape index (κ3) is 3.39. The van der Waals surface area contributed by atoms with Gasteiger partial charge in [0.05, 0.1) is 18.4 Å². The summed E-state index contributed by atoms with van der Waals surface area (Å²) in [4.78, 5) is 17.0. The molecule has 5 nitrogen and oxygen atoms in total. The molecule has 1 rings (SSSR count). The number of aromatic nitrogens is 1. The number of halogens is 1. The van der Waals surface area contributed by atoms with E-state index in [1.807, 2.05) is 6.92 Å². The summed E-state index contributed by atoms with van der Waals surface area (Å²) >= 11 is 0. The molecule has 0 atom stereocenters. The molecule has 0 spiro atoms. The van der Waals surface area contributed by atoms with Gasteiger partial charge in [0.15, 0.2) is 0 Å². The Labute approximate surface area is 99.1 Å². The average Bonchev–Trinajstić information content (AvgIpc) is 2.31. The number of nitrogens with two attached hydrogens (primary N) is 1. The molecule has 0 saturated carbocycles. The maximum Gasteiger partial charge on any atom is 0.257 e. The molecular weight excluding hydrogens is 225 g/mol. The van der Waals surface area contributed by atoms with Crippen molar-refractivity contribution in [3.05, 3.63) is 23.6 Å². The van der Waals surface area contributed by atoms with Crippen molar-refractivity contribution in [1.29, 1.82) is 0 Å². The van der Waals surface area contributed by atoms with Gasteiger partial charge in [-0.25, -0.2) is 9.37 Å². The summed E-state index contributed by atoms with van der Waals surface area (Å²) in [5, 5.41) is 8.87. The molecule has 94 valence electrons. The molecule has 0 aliphatic carbocycles. The average molecular weight is 241 g/mol. The van der Waals surface area contributed by atoms with E-state index in [1.165, 1.54) is 4.90 Å². The van der Waals surface area contributed by atoms with Crippen LogP contribution in [0.1, 0.15) is 23.7 Å². The first kappa shape index (κ1) is 13.4. The maximum atomic E-state index is 13.0. The molecule has 0 aliphatic rings. The lowest BCUT2D eigenvalue weighted by atomic mass is 10.2. The number of hydrogen-bond donors (Lipinski definition) is 2. The lowest BCUT2D eigenvalue weighted by Gasteiger charge is -2.21. The molecule has 1 aromatic rings. The van der Waals surface area contributed by atoms with Gasteiger partial charge in [0, 0.05) is 13.1 Å². The normalized spacial score (nSPS) is 10.3. The zero-order valence-corrected chi connectivity index (χ0v) is 9.69. The number of carbonyl (C=O) groups is 1. The van der Waals surface area contributed by atoms with Crippen LogP contribution in [0.25, 0.3) is 0 Å². The molecule has 1 heterocycles. The van der Waals surface area contributed by atoms with E-state index in [0.29, 0.717) is 6.54 Å². The maximum absolute atomic E-state index is 13.0. The lowest BCUT2D eigenvalue weighted by molar-refractivity contribution is 0.0722. The Hall–Kier alpha value is -1.69. The Balaban J connectivity index is 2.95. The monoisotopic (exact) mass is 241 g/mol. The van der Waals surface area contributed by atoms with E-state index in [2.05, 4.69) is 4.98 Å². The van der Waals surface area contributed by atoms with Crippen molar-refractivity contribution in [2.24, 2.45) is 0 Å². The van der Waals surface area contributed by atoms with Crippen LogP contribution in [-0.2, 0) is 0 Å². The molecule has 0 fully saturated rings. The van der Waals surface area contributed by atoms with Gasteiger partial charge in [0.25, 0.3) is 5.91 Å². The van der Waals surface area contributed by atoms with E-state index in [0.717, 1.165) is 18.7 Å². The van der Waals surface area contributed by atoms with Crippen molar-refractivity contribution in [2.75, 3.05) is 25.4 Å². The first-order valence-electron chi connectivity index (χ1n) is 5.41. The van der Waals surface area contributed by atoms with E-state index < -0.39 is 11.7 Å². The molecular formula is C11H16FN3O2. The minimum absolute atomic E-state index is 0.00422. The summed E-state index contributed by atoms with van der Waals surface area (Å²) in [6, 6.07) is 1.06. The number of nitrogens with zero attached hydrogens (tertiary/aromatic N) is 2. The molecule has 0 radical (unpaired) electrons. The van der Waals surface area contributed by atoms with Crippen LogP contribution in [0.15, 0.2) is 12.3 Å². The van der Waals surface area contributed by atoms with Crippen molar-refractivity contribution in [1.82, 2.24) is 9.88 Å². The molecule has 0 bridgehead atoms. The number of carbonyl (C=O) groups excluding carboxylic acids is 1. The summed E-state index contributed by atoms with van der Waals surface area (Å²) in [5.74, 6) is -1.02. The Morgan fingerprint density at radius 1 is 1.59 bits per heavy atom. The highest BCUT2D eigenvalue weighted by molar-refractivity contribution is 5.98. The van der Waals surface area contributed by atoms with Gasteiger partial charge in [-0.3, -0.25) is 4.79 Å². The molecule has 0 aromatic carbocycles. The van der Waals surface area contributed by atoms with Gasteiger partial charge in [-0.05, 0) is 12.5 Å². The predicted molar refractivity (Wildman–Crippen MR) is 61.9 cm³/mol. The van der Waals surface area contributed by atoms with E-state index in [1.54, 1.807) is 0 Å². The van der Waals surface area contributed by atoms with Crippen molar-refractivity contribution < 1.29 is 14.3 Å². The number of aliphatic hydroxyl groups is 1. The molecule has 0 aliphatic heterocycles. The fourth-order valence-corrected chi connectivity index (χ4v) is 1.50. The van der Waals surface area contributed by atoms with Crippen LogP contribution >= 0.6 is 0 Å². The topological polar surface area (TPSA) is 79.5 Å². The number of pyridine rings is 1. The van der Waals surface area contributed by atoms with Gasteiger partial charge in [-0.1, -0.05) is 6.92 Å². The molecule has 6 heteroatoms. The Bertz CT molecular complexity index is 392. The molecule has 17 heavy (non-hydrogen) atoms. The first-order valence-corrected chi connectivity index (χ1v) is 5.41. The minimum Gasteiger partial charge on any atom is -0.395 e. The third-order valence-electron chi connectivity index (χ3n) is 2.27. The van der Waals surface area contributed by atoms with E-state index in [9.17, 15) is 9.18 Å². The smallest absolute Gasteiger partial charge is 0.257 e. The highest BCUT2D eigenvalue weighted by Gasteiger charge is 2.18. The van der Waals surface area contributed by atoms with Gasteiger partial charge in [0.1, 0.15) is 11.6 Å². The fraction of sp³-hybridized carbons (Fsp3) is 0.455. The second kappa shape index (κ2) is 6.15. The molecule has 1 aromatic heterocycles. The number of anilines is 1. The molecule has 0 unspecified atom stereocenters. The van der Waals surface area contributed by atoms with Gasteiger partial charge >= 0.3 is 0 Å². The first-order chi connectivity index (χ1) is 8.10. The van der Waals surface area contributed by atoms with E-state index in [-0.39, 0.29) is 24.5 Å². The molecule has 1 amide bonds. The van der Waals surface area contributed by atoms with Crippen LogP contribution in [-0.4, -0.2) is 40.6 Å². The van der Waals surface area contributed by atoms with Crippen LogP contribution in [0, 0.1) is 5.82 Å². The Morgan fingerprint density at radius 3 is 2.88 bits per heavy atom. The second-order valence-electron chi connectivity index (χ2n) is 3.60. The van der Waals surface area contributed by atoms with Crippen molar-refractivity contribution >= 4 is 11.7 Å². The highest BCUT2D eigenvalue weighted by Crippen LogP contribution is 2.13. The SMILES string of the molecule is CCCN(CCO)C(=O)c1cc(F)cnc1N. The predicted octanol–water partition coefficient (Wildman–Crippen LogP) is 0.647. The van der Waals surface area contributed by atoms with Crippen LogP contribution in [0.5, 0.6) is 0 Å². The zero-order valence-electron chi connectivity index (χ0n) is 9.69. The van der Waals surface area contributed by atoms with E-state index >= 15 is 0 Å². The standard InChI is InChI=1S/C11H16FN3O2/c1-2-3-15(4-5-16)11(17)9-6-8(12)7-14-10(9)13/h6-7,16H,2-5H2,1H3,(H2,13,14). The van der Waals surface area contributed by atoms with Gasteiger partial charge in [-0.15, -0.1) is 0 Å². The summed E-state index contributed by atoms with van der Waals surface area (Å²) in [7, 11) is 0. The number of hydrogen-bond acceptors (Lipinski definition) is 4. The number of nitrogen functional groups attached to an aromatic ring is 1. The Morgan fingerprint density at radius 2 is 2.29 bits per heavy atom. The Kier molecular flexibility index (Phi) is 4.84. The third-order valence-corrected chi connectivity index (χ3v) is 2.27. The van der Waals surface area contributed by atoms with Crippen molar-refractivity contribution in [3.8, 4) is 0 Å². The zero-order chi connectivity index (χ0) is 12.8. The molecule has 0 saturated heterocycles. The quantitative estimate of drug-likeness (QED) is 0.793. The van der Waals surface area contributed by atoms with Gasteiger partial charge in [0.2, 0.25) is 0 Å². The number of amides is 1. The fourth-order valence-electron chi connectivity index (χ4n) is 1.50.